The van der Waals surface area contributed by atoms with Crippen molar-refractivity contribution in [3.8, 4) is 0 Å². The number of rotatable bonds is 8. The minimum atomic E-state index is -3.41. The summed E-state index contributed by atoms with van der Waals surface area (Å²) in [6.07, 6.45) is -8.34. The van der Waals surface area contributed by atoms with Crippen LogP contribution in [-0.4, -0.2) is 50.1 Å². The number of alkyl halides is 4. The van der Waals surface area contributed by atoms with E-state index in [9.17, 15) is 31.9 Å². The highest BCUT2D eigenvalue weighted by Gasteiger charge is 2.25. The van der Waals surface area contributed by atoms with Gasteiger partial charge < -0.3 is 14.2 Å². The normalized spacial score (nSPS) is 10.7. The van der Waals surface area contributed by atoms with Gasteiger partial charge in [-0.3, -0.25) is 0 Å². The van der Waals surface area contributed by atoms with Crippen molar-refractivity contribution in [1.29, 1.82) is 0 Å². The van der Waals surface area contributed by atoms with E-state index in [1.54, 1.807) is 0 Å². The number of carbonyl (C=O) groups is 3. The van der Waals surface area contributed by atoms with E-state index in [1.165, 1.54) is 6.92 Å². The second kappa shape index (κ2) is 8.93. The van der Waals surface area contributed by atoms with Gasteiger partial charge >= 0.3 is 30.8 Å². The fraction of sp³-hybridized carbons (Fsp3) is 0.545. The molecule has 21 heavy (non-hydrogen) atoms. The number of carbonyl (C=O) groups excluding carboxylic acids is 3. The lowest BCUT2D eigenvalue weighted by molar-refractivity contribution is -0.172. The highest BCUT2D eigenvalue weighted by molar-refractivity contribution is 5.87. The van der Waals surface area contributed by atoms with Crippen LogP contribution in [-0.2, 0) is 28.6 Å². The molecule has 0 fully saturated rings. The van der Waals surface area contributed by atoms with Crippen LogP contribution in [0.25, 0.3) is 0 Å². The summed E-state index contributed by atoms with van der Waals surface area (Å²) in [6, 6.07) is 0. The van der Waals surface area contributed by atoms with Crippen LogP contribution in [0, 0.1) is 0 Å². The number of esters is 3. The maximum atomic E-state index is 11.9. The topological polar surface area (TPSA) is 78.9 Å². The van der Waals surface area contributed by atoms with Gasteiger partial charge in [0.2, 0.25) is 0 Å². The highest BCUT2D eigenvalue weighted by Crippen LogP contribution is 2.05. The van der Waals surface area contributed by atoms with Crippen molar-refractivity contribution in [2.24, 2.45) is 0 Å². The van der Waals surface area contributed by atoms with Gasteiger partial charge in [-0.05, 0) is 6.92 Å². The van der Waals surface area contributed by atoms with Crippen LogP contribution in [0.1, 0.15) is 6.92 Å². The van der Waals surface area contributed by atoms with Gasteiger partial charge in [0, 0.05) is 5.57 Å². The van der Waals surface area contributed by atoms with Gasteiger partial charge in [0.1, 0.15) is 13.2 Å². The minimum absolute atomic E-state index is 0.0830. The predicted molar refractivity (Wildman–Crippen MR) is 58.6 cm³/mol. The highest BCUT2D eigenvalue weighted by atomic mass is 19.3. The Bertz CT molecular complexity index is 386. The lowest BCUT2D eigenvalue weighted by atomic mass is 10.3. The molecule has 0 spiro atoms. The molecule has 0 saturated carbocycles. The molecule has 0 heterocycles. The van der Waals surface area contributed by atoms with E-state index < -0.39 is 50.1 Å². The number of hydrogen-bond donors (Lipinski definition) is 0. The average molecular weight is 316 g/mol. The third-order valence-electron chi connectivity index (χ3n) is 1.80. The van der Waals surface area contributed by atoms with E-state index in [4.69, 9.17) is 0 Å². The minimum Gasteiger partial charge on any atom is -0.457 e. The van der Waals surface area contributed by atoms with E-state index in [0.717, 1.165) is 0 Å². The van der Waals surface area contributed by atoms with Crippen molar-refractivity contribution in [3.05, 3.63) is 12.2 Å². The quantitative estimate of drug-likeness (QED) is 0.289. The lowest BCUT2D eigenvalue weighted by Crippen LogP contribution is -2.33. The maximum Gasteiger partial charge on any atom is 0.373 e. The van der Waals surface area contributed by atoms with Gasteiger partial charge in [-0.1, -0.05) is 6.58 Å². The first-order valence-electron chi connectivity index (χ1n) is 5.41. The second-order valence-corrected chi connectivity index (χ2v) is 3.67. The maximum absolute atomic E-state index is 11.9. The summed E-state index contributed by atoms with van der Waals surface area (Å²) in [5.74, 6) is -4.79. The molecule has 0 bridgehead atoms. The molecule has 0 aromatic rings. The Balaban J connectivity index is 4.54. The van der Waals surface area contributed by atoms with Gasteiger partial charge in [0.05, 0.1) is 0 Å². The van der Waals surface area contributed by atoms with Gasteiger partial charge in [0.15, 0.2) is 6.10 Å². The Hall–Kier alpha value is -2.13. The largest absolute Gasteiger partial charge is 0.457 e. The van der Waals surface area contributed by atoms with Crippen LogP contribution in [0.5, 0.6) is 0 Å². The molecule has 0 N–H and O–H groups in total. The SMILES string of the molecule is C=C(C)C(=O)OC(COC(=O)C(F)F)COC(=O)C(F)F. The molecular formula is C11H12F4O6. The van der Waals surface area contributed by atoms with Gasteiger partial charge in [0.25, 0.3) is 0 Å². The van der Waals surface area contributed by atoms with Gasteiger partial charge in [-0.2, -0.15) is 17.6 Å². The van der Waals surface area contributed by atoms with Crippen LogP contribution in [0.15, 0.2) is 12.2 Å². The van der Waals surface area contributed by atoms with Crippen molar-refractivity contribution in [1.82, 2.24) is 0 Å². The molecule has 0 aliphatic carbocycles. The van der Waals surface area contributed by atoms with Crippen molar-refractivity contribution in [2.75, 3.05) is 13.2 Å². The predicted octanol–water partition coefficient (Wildman–Crippen LogP) is 1.09. The molecule has 0 saturated heterocycles. The zero-order valence-electron chi connectivity index (χ0n) is 10.8. The molecule has 0 unspecified atom stereocenters. The summed E-state index contributed by atoms with van der Waals surface area (Å²) in [5, 5.41) is 0. The van der Waals surface area contributed by atoms with Crippen LogP contribution >= 0.6 is 0 Å². The summed E-state index contributed by atoms with van der Waals surface area (Å²) >= 11 is 0. The monoisotopic (exact) mass is 316 g/mol. The van der Waals surface area contributed by atoms with Crippen molar-refractivity contribution in [3.63, 3.8) is 0 Å². The Morgan fingerprint density at radius 3 is 1.62 bits per heavy atom. The second-order valence-electron chi connectivity index (χ2n) is 3.67. The zero-order chi connectivity index (χ0) is 16.6. The van der Waals surface area contributed by atoms with E-state index >= 15 is 0 Å². The first-order valence-corrected chi connectivity index (χ1v) is 5.41. The van der Waals surface area contributed by atoms with E-state index in [-0.39, 0.29) is 5.57 Å². The van der Waals surface area contributed by atoms with Crippen LogP contribution < -0.4 is 0 Å². The lowest BCUT2D eigenvalue weighted by Gasteiger charge is -2.17. The van der Waals surface area contributed by atoms with Gasteiger partial charge in [-0.15, -0.1) is 0 Å². The molecule has 6 nitrogen and oxygen atoms in total. The standard InChI is InChI=1S/C11H12F4O6/c1-5(2)9(16)21-6(3-19-10(17)7(12)13)4-20-11(18)8(14)15/h6-8H,1,3-4H2,2H3. The first-order chi connectivity index (χ1) is 9.65. The van der Waals surface area contributed by atoms with Crippen LogP contribution in [0.2, 0.25) is 0 Å². The third-order valence-corrected chi connectivity index (χ3v) is 1.80. The van der Waals surface area contributed by atoms with Crippen LogP contribution in [0.3, 0.4) is 0 Å². The van der Waals surface area contributed by atoms with Crippen molar-refractivity contribution in [2.45, 2.75) is 25.9 Å². The van der Waals surface area contributed by atoms with Gasteiger partial charge in [-0.25, -0.2) is 14.4 Å². The van der Waals surface area contributed by atoms with E-state index in [0.29, 0.717) is 0 Å². The fourth-order valence-corrected chi connectivity index (χ4v) is 0.844. The Morgan fingerprint density at radius 1 is 0.952 bits per heavy atom. The smallest absolute Gasteiger partial charge is 0.373 e. The zero-order valence-corrected chi connectivity index (χ0v) is 10.8. The number of hydrogen-bond acceptors (Lipinski definition) is 6. The Labute approximate surface area is 116 Å². The summed E-state index contributed by atoms with van der Waals surface area (Å²) in [6.45, 7) is 2.70. The summed E-state index contributed by atoms with van der Waals surface area (Å²) in [7, 11) is 0. The summed E-state index contributed by atoms with van der Waals surface area (Å²) in [5.41, 5.74) is -0.0830. The third kappa shape index (κ3) is 7.90. The summed E-state index contributed by atoms with van der Waals surface area (Å²) < 4.78 is 60.4. The first kappa shape index (κ1) is 18.9. The molecule has 10 heteroatoms. The number of halogens is 4. The Morgan fingerprint density at radius 2 is 1.33 bits per heavy atom. The molecule has 0 atom stereocenters. The van der Waals surface area contributed by atoms with Crippen molar-refractivity contribution >= 4 is 17.9 Å². The molecular weight excluding hydrogens is 304 g/mol. The molecule has 0 rings (SSSR count). The molecule has 0 aliphatic rings. The molecule has 0 aromatic carbocycles. The van der Waals surface area contributed by atoms with E-state index in [1.807, 2.05) is 0 Å². The van der Waals surface area contributed by atoms with E-state index in [2.05, 4.69) is 20.8 Å². The molecule has 120 valence electrons. The molecule has 0 radical (unpaired) electrons. The number of ether oxygens (including phenoxy) is 3. The van der Waals surface area contributed by atoms with Crippen molar-refractivity contribution < 1.29 is 46.2 Å². The average Bonchev–Trinajstić information content (AvgIpc) is 2.40. The fourth-order valence-electron chi connectivity index (χ4n) is 0.844. The Kier molecular flexibility index (Phi) is 8.02. The molecule has 0 aliphatic heterocycles. The van der Waals surface area contributed by atoms with Crippen LogP contribution in [0.4, 0.5) is 17.6 Å². The summed E-state index contributed by atoms with van der Waals surface area (Å²) in [4.78, 5) is 32.3. The molecule has 0 aromatic heterocycles. The molecule has 0 amide bonds.